The summed E-state index contributed by atoms with van der Waals surface area (Å²) in [6, 6.07) is 8.85. The molecule has 2 heterocycles. The molecule has 2 aromatic heterocycles. The Morgan fingerprint density at radius 3 is 2.74 bits per heavy atom. The van der Waals surface area contributed by atoms with Crippen LogP contribution in [0.4, 0.5) is 13.2 Å². The lowest BCUT2D eigenvalue weighted by Gasteiger charge is -2.30. The summed E-state index contributed by atoms with van der Waals surface area (Å²) in [6.07, 6.45) is -1.10. The Morgan fingerprint density at radius 1 is 1.23 bits per heavy atom. The van der Waals surface area contributed by atoms with Gasteiger partial charge in [0.25, 0.3) is 0 Å². The number of carbonyl (C=O) groups excluding carboxylic acids is 1. The number of pyridine rings is 1. The maximum atomic E-state index is 13.4. The summed E-state index contributed by atoms with van der Waals surface area (Å²) < 4.78 is 40.1. The van der Waals surface area contributed by atoms with E-state index in [0.29, 0.717) is 25.0 Å². The number of halogens is 3. The smallest absolute Gasteiger partial charge is 0.349 e. The fourth-order valence-corrected chi connectivity index (χ4v) is 3.97. The number of aryl methyl sites for hydroxylation is 1. The molecule has 164 valence electrons. The molecule has 1 aromatic carbocycles. The first-order valence-electron chi connectivity index (χ1n) is 10.4. The first-order chi connectivity index (χ1) is 14.6. The Bertz CT molecular complexity index is 1120. The lowest BCUT2D eigenvalue weighted by atomic mass is 9.83. The van der Waals surface area contributed by atoms with Crippen molar-refractivity contribution in [3.63, 3.8) is 0 Å². The SMILES string of the molecule is C[C@@H](NC(=O)[C@@H]1CCc2nc(C(C)(C)C(F)(F)F)ccc2C1)c1ccc2[nH]ncc2c1. The van der Waals surface area contributed by atoms with E-state index in [-0.39, 0.29) is 23.6 Å². The third-order valence-electron chi connectivity index (χ3n) is 6.31. The van der Waals surface area contributed by atoms with Crippen LogP contribution in [-0.4, -0.2) is 27.3 Å². The summed E-state index contributed by atoms with van der Waals surface area (Å²) in [6.45, 7) is 4.22. The molecule has 0 spiro atoms. The Hall–Kier alpha value is -2.90. The molecule has 31 heavy (non-hydrogen) atoms. The summed E-state index contributed by atoms with van der Waals surface area (Å²) in [5, 5.41) is 11.0. The molecule has 0 unspecified atom stereocenters. The highest BCUT2D eigenvalue weighted by molar-refractivity contribution is 5.81. The van der Waals surface area contributed by atoms with Gasteiger partial charge in [0.15, 0.2) is 0 Å². The van der Waals surface area contributed by atoms with E-state index in [1.807, 2.05) is 25.1 Å². The quantitative estimate of drug-likeness (QED) is 0.626. The summed E-state index contributed by atoms with van der Waals surface area (Å²) in [5.41, 5.74) is 1.44. The lowest BCUT2D eigenvalue weighted by molar-refractivity contribution is -0.181. The molecule has 0 aliphatic heterocycles. The van der Waals surface area contributed by atoms with Gasteiger partial charge in [-0.05, 0) is 69.4 Å². The average Bonchev–Trinajstić information content (AvgIpc) is 3.19. The number of nitrogens with zero attached hydrogens (tertiary/aromatic N) is 2. The number of nitrogens with one attached hydrogen (secondary N) is 2. The second kappa shape index (κ2) is 7.66. The van der Waals surface area contributed by atoms with Gasteiger partial charge in [0.05, 0.1) is 23.4 Å². The first-order valence-corrected chi connectivity index (χ1v) is 10.4. The van der Waals surface area contributed by atoms with E-state index in [1.165, 1.54) is 6.07 Å². The third-order valence-corrected chi connectivity index (χ3v) is 6.31. The number of hydrogen-bond acceptors (Lipinski definition) is 3. The van der Waals surface area contributed by atoms with Crippen molar-refractivity contribution in [2.24, 2.45) is 5.92 Å². The predicted octanol–water partition coefficient (Wildman–Crippen LogP) is 4.78. The van der Waals surface area contributed by atoms with Crippen LogP contribution < -0.4 is 5.32 Å². The summed E-state index contributed by atoms with van der Waals surface area (Å²) in [4.78, 5) is 17.2. The first kappa shape index (κ1) is 21.3. The van der Waals surface area contributed by atoms with Crippen LogP contribution in [0.3, 0.4) is 0 Å². The number of benzene rings is 1. The van der Waals surface area contributed by atoms with Crippen LogP contribution in [-0.2, 0) is 23.1 Å². The van der Waals surface area contributed by atoms with Gasteiger partial charge in [0.2, 0.25) is 5.91 Å². The number of aromatic amines is 1. The normalized spacial score (nSPS) is 17.9. The van der Waals surface area contributed by atoms with E-state index in [2.05, 4.69) is 20.5 Å². The Kier molecular flexibility index (Phi) is 5.27. The van der Waals surface area contributed by atoms with Crippen molar-refractivity contribution in [3.8, 4) is 0 Å². The molecule has 1 amide bonds. The summed E-state index contributed by atoms with van der Waals surface area (Å²) >= 11 is 0. The van der Waals surface area contributed by atoms with Crippen LogP contribution in [0.5, 0.6) is 0 Å². The minimum Gasteiger partial charge on any atom is -0.349 e. The average molecular weight is 430 g/mol. The van der Waals surface area contributed by atoms with E-state index in [9.17, 15) is 18.0 Å². The van der Waals surface area contributed by atoms with Gasteiger partial charge in [-0.3, -0.25) is 14.9 Å². The van der Waals surface area contributed by atoms with Crippen LogP contribution in [0.25, 0.3) is 10.9 Å². The summed E-state index contributed by atoms with van der Waals surface area (Å²) in [5.74, 6) is -0.277. The molecule has 5 nitrogen and oxygen atoms in total. The minimum absolute atomic E-state index is 0.0184. The van der Waals surface area contributed by atoms with Crippen molar-refractivity contribution in [1.82, 2.24) is 20.5 Å². The second-order valence-electron chi connectivity index (χ2n) is 8.81. The molecule has 0 bridgehead atoms. The van der Waals surface area contributed by atoms with Crippen LogP contribution in [0.1, 0.15) is 55.7 Å². The molecule has 4 rings (SSSR count). The van der Waals surface area contributed by atoms with Crippen molar-refractivity contribution in [1.29, 1.82) is 0 Å². The number of alkyl halides is 3. The number of carbonyl (C=O) groups is 1. The highest BCUT2D eigenvalue weighted by atomic mass is 19.4. The lowest BCUT2D eigenvalue weighted by Crippen LogP contribution is -2.38. The minimum atomic E-state index is -4.37. The largest absolute Gasteiger partial charge is 0.399 e. The second-order valence-corrected chi connectivity index (χ2v) is 8.81. The van der Waals surface area contributed by atoms with Crippen molar-refractivity contribution in [3.05, 3.63) is 59.0 Å². The van der Waals surface area contributed by atoms with Crippen LogP contribution >= 0.6 is 0 Å². The van der Waals surface area contributed by atoms with Crippen molar-refractivity contribution >= 4 is 16.8 Å². The third kappa shape index (κ3) is 4.03. The van der Waals surface area contributed by atoms with Gasteiger partial charge < -0.3 is 5.32 Å². The zero-order valence-electron chi connectivity index (χ0n) is 17.7. The van der Waals surface area contributed by atoms with Crippen LogP contribution in [0.15, 0.2) is 36.5 Å². The van der Waals surface area contributed by atoms with Crippen molar-refractivity contribution in [2.75, 3.05) is 0 Å². The molecule has 0 fully saturated rings. The highest BCUT2D eigenvalue weighted by Gasteiger charge is 2.49. The number of aromatic nitrogens is 3. The van der Waals surface area contributed by atoms with Gasteiger partial charge in [-0.2, -0.15) is 18.3 Å². The molecular weight excluding hydrogens is 405 g/mol. The molecule has 1 aliphatic carbocycles. The molecule has 1 aliphatic rings. The van der Waals surface area contributed by atoms with Gasteiger partial charge >= 0.3 is 6.18 Å². The topological polar surface area (TPSA) is 70.7 Å². The van der Waals surface area contributed by atoms with Gasteiger partial charge in [0.1, 0.15) is 5.41 Å². The molecule has 3 aromatic rings. The number of hydrogen-bond donors (Lipinski definition) is 2. The maximum Gasteiger partial charge on any atom is 0.399 e. The Labute approximate surface area is 178 Å². The molecular formula is C23H25F3N4O. The zero-order chi connectivity index (χ0) is 22.4. The molecule has 0 saturated carbocycles. The predicted molar refractivity (Wildman–Crippen MR) is 111 cm³/mol. The number of rotatable bonds is 4. The fraction of sp³-hybridized carbons (Fsp3) is 0.435. The molecule has 2 N–H and O–H groups in total. The van der Waals surface area contributed by atoms with Gasteiger partial charge in [0, 0.05) is 17.0 Å². The van der Waals surface area contributed by atoms with Crippen molar-refractivity contribution in [2.45, 2.75) is 57.7 Å². The molecule has 8 heteroatoms. The standard InChI is InChI=1S/C23H25F3N4O/c1-13(14-4-8-19-17(10-14)12-27-30-19)28-21(31)16-5-7-18-15(11-16)6-9-20(29-18)22(2,3)23(24,25)26/h4,6,8-10,12-13,16H,5,7,11H2,1-3H3,(H,27,30)(H,28,31)/t13-,16-/m1/s1. The van der Waals surface area contributed by atoms with Crippen LogP contribution in [0.2, 0.25) is 0 Å². The number of amides is 1. The van der Waals surface area contributed by atoms with Gasteiger partial charge in [-0.15, -0.1) is 0 Å². The highest BCUT2D eigenvalue weighted by Crippen LogP contribution is 2.40. The van der Waals surface area contributed by atoms with Gasteiger partial charge in [-0.1, -0.05) is 12.1 Å². The van der Waals surface area contributed by atoms with E-state index >= 15 is 0 Å². The maximum absolute atomic E-state index is 13.4. The Balaban J connectivity index is 1.45. The fourth-order valence-electron chi connectivity index (χ4n) is 3.97. The van der Waals surface area contributed by atoms with E-state index in [0.717, 1.165) is 35.9 Å². The van der Waals surface area contributed by atoms with E-state index in [1.54, 1.807) is 12.3 Å². The van der Waals surface area contributed by atoms with Gasteiger partial charge in [-0.25, -0.2) is 0 Å². The number of H-pyrrole nitrogens is 1. The molecule has 2 atom stereocenters. The monoisotopic (exact) mass is 430 g/mol. The summed E-state index contributed by atoms with van der Waals surface area (Å²) in [7, 11) is 0. The van der Waals surface area contributed by atoms with E-state index in [4.69, 9.17) is 0 Å². The number of fused-ring (bicyclic) bond motifs is 2. The Morgan fingerprint density at radius 2 is 2.00 bits per heavy atom. The van der Waals surface area contributed by atoms with E-state index < -0.39 is 11.6 Å². The van der Waals surface area contributed by atoms with Crippen LogP contribution in [0, 0.1) is 5.92 Å². The molecule has 0 radical (unpaired) electrons. The molecule has 0 saturated heterocycles. The zero-order valence-corrected chi connectivity index (χ0v) is 17.7. The van der Waals surface area contributed by atoms with Crippen molar-refractivity contribution < 1.29 is 18.0 Å².